The summed E-state index contributed by atoms with van der Waals surface area (Å²) >= 11 is 0. The number of hydrogen-bond donors (Lipinski definition) is 2. The van der Waals surface area contributed by atoms with Gasteiger partial charge in [0.1, 0.15) is 5.54 Å². The standard InChI is InChI=1S/C13H24N2O2/c1-12(2)7-4-8-15(12)9-13(3,11(16)17)14-10-5-6-10/h10,14H,4-9H2,1-3H3,(H,16,17). The third kappa shape index (κ3) is 2.80. The largest absolute Gasteiger partial charge is 0.480 e. The Hall–Kier alpha value is -0.610. The topological polar surface area (TPSA) is 52.6 Å². The first-order valence-electron chi connectivity index (χ1n) is 6.60. The van der Waals surface area contributed by atoms with E-state index in [0.717, 1.165) is 25.8 Å². The fraction of sp³-hybridized carbons (Fsp3) is 0.923. The number of nitrogens with zero attached hydrogens (tertiary/aromatic N) is 1. The van der Waals surface area contributed by atoms with Gasteiger partial charge in [-0.05, 0) is 53.0 Å². The van der Waals surface area contributed by atoms with E-state index >= 15 is 0 Å². The SMILES string of the molecule is CC(CN1CCCC1(C)C)(NC1CC1)C(=O)O. The summed E-state index contributed by atoms with van der Waals surface area (Å²) in [5.74, 6) is -0.730. The maximum absolute atomic E-state index is 11.5. The van der Waals surface area contributed by atoms with Gasteiger partial charge in [-0.1, -0.05) is 0 Å². The monoisotopic (exact) mass is 240 g/mol. The minimum atomic E-state index is -0.803. The fourth-order valence-electron chi connectivity index (χ4n) is 2.69. The van der Waals surface area contributed by atoms with Gasteiger partial charge in [0.05, 0.1) is 0 Å². The van der Waals surface area contributed by atoms with Crippen molar-refractivity contribution in [1.29, 1.82) is 0 Å². The van der Waals surface area contributed by atoms with E-state index in [-0.39, 0.29) is 5.54 Å². The van der Waals surface area contributed by atoms with Crippen LogP contribution in [0, 0.1) is 0 Å². The lowest BCUT2D eigenvalue weighted by Crippen LogP contribution is -2.59. The van der Waals surface area contributed by atoms with E-state index in [0.29, 0.717) is 12.6 Å². The van der Waals surface area contributed by atoms with Gasteiger partial charge in [-0.15, -0.1) is 0 Å². The Kier molecular flexibility index (Phi) is 3.21. The Morgan fingerprint density at radius 1 is 1.53 bits per heavy atom. The highest BCUT2D eigenvalue weighted by atomic mass is 16.4. The summed E-state index contributed by atoms with van der Waals surface area (Å²) in [6, 6.07) is 0.418. The van der Waals surface area contributed by atoms with E-state index in [1.54, 1.807) is 0 Å². The summed E-state index contributed by atoms with van der Waals surface area (Å²) in [5.41, 5.74) is -0.662. The third-order valence-electron chi connectivity index (χ3n) is 4.15. The van der Waals surface area contributed by atoms with Crippen molar-refractivity contribution in [3.63, 3.8) is 0 Å². The molecule has 2 rings (SSSR count). The van der Waals surface area contributed by atoms with Crippen molar-refractivity contribution >= 4 is 5.97 Å². The summed E-state index contributed by atoms with van der Waals surface area (Å²) in [6.45, 7) is 7.86. The molecule has 2 aliphatic rings. The molecule has 2 fully saturated rings. The second-order valence-corrected chi connectivity index (χ2v) is 6.39. The van der Waals surface area contributed by atoms with Gasteiger partial charge in [0.2, 0.25) is 0 Å². The van der Waals surface area contributed by atoms with Crippen LogP contribution in [0.4, 0.5) is 0 Å². The first-order valence-corrected chi connectivity index (χ1v) is 6.60. The van der Waals surface area contributed by atoms with Crippen LogP contribution in [0.3, 0.4) is 0 Å². The van der Waals surface area contributed by atoms with Gasteiger partial charge in [0.25, 0.3) is 0 Å². The van der Waals surface area contributed by atoms with Crippen LogP contribution in [0.5, 0.6) is 0 Å². The molecule has 98 valence electrons. The zero-order valence-electron chi connectivity index (χ0n) is 11.1. The number of aliphatic carboxylic acids is 1. The highest BCUT2D eigenvalue weighted by Gasteiger charge is 2.43. The second kappa shape index (κ2) is 4.25. The molecule has 4 heteroatoms. The zero-order chi connectivity index (χ0) is 12.7. The molecule has 2 N–H and O–H groups in total. The Balaban J connectivity index is 2.04. The van der Waals surface area contributed by atoms with Crippen LogP contribution >= 0.6 is 0 Å². The van der Waals surface area contributed by atoms with Gasteiger partial charge >= 0.3 is 5.97 Å². The minimum Gasteiger partial charge on any atom is -0.480 e. The number of nitrogens with one attached hydrogen (secondary N) is 1. The first kappa shape index (κ1) is 12.8. The van der Waals surface area contributed by atoms with Gasteiger partial charge in [-0.2, -0.15) is 0 Å². The Bertz CT molecular complexity index is 313. The number of hydrogen-bond acceptors (Lipinski definition) is 3. The Morgan fingerprint density at radius 3 is 2.59 bits per heavy atom. The molecule has 17 heavy (non-hydrogen) atoms. The predicted octanol–water partition coefficient (Wildman–Crippen LogP) is 1.46. The van der Waals surface area contributed by atoms with Crippen molar-refractivity contribution in [2.24, 2.45) is 0 Å². The van der Waals surface area contributed by atoms with Gasteiger partial charge in [0, 0.05) is 18.1 Å². The average Bonchev–Trinajstić information content (AvgIpc) is 2.93. The summed E-state index contributed by atoms with van der Waals surface area (Å²) < 4.78 is 0. The van der Waals surface area contributed by atoms with E-state index in [2.05, 4.69) is 24.1 Å². The van der Waals surface area contributed by atoms with E-state index < -0.39 is 11.5 Å². The van der Waals surface area contributed by atoms with E-state index in [1.165, 1.54) is 6.42 Å². The third-order valence-corrected chi connectivity index (χ3v) is 4.15. The number of rotatable bonds is 5. The lowest BCUT2D eigenvalue weighted by atomic mass is 9.97. The maximum Gasteiger partial charge on any atom is 0.324 e. The summed E-state index contributed by atoms with van der Waals surface area (Å²) in [5, 5.41) is 12.7. The van der Waals surface area contributed by atoms with Crippen LogP contribution < -0.4 is 5.32 Å². The highest BCUT2D eigenvalue weighted by Crippen LogP contribution is 2.31. The molecule has 0 bridgehead atoms. The Morgan fingerprint density at radius 2 is 2.18 bits per heavy atom. The normalized spacial score (nSPS) is 27.9. The van der Waals surface area contributed by atoms with Crippen molar-refractivity contribution in [3.8, 4) is 0 Å². The molecule has 1 aliphatic heterocycles. The van der Waals surface area contributed by atoms with Gasteiger partial charge in [0.15, 0.2) is 0 Å². The molecule has 1 heterocycles. The van der Waals surface area contributed by atoms with Gasteiger partial charge < -0.3 is 5.11 Å². The van der Waals surface area contributed by atoms with E-state index in [4.69, 9.17) is 0 Å². The van der Waals surface area contributed by atoms with Gasteiger partial charge in [-0.3, -0.25) is 15.0 Å². The molecule has 0 radical (unpaired) electrons. The van der Waals surface area contributed by atoms with Crippen molar-refractivity contribution in [2.45, 2.75) is 63.6 Å². The lowest BCUT2D eigenvalue weighted by Gasteiger charge is -2.38. The van der Waals surface area contributed by atoms with Crippen LogP contribution in [0.25, 0.3) is 0 Å². The molecule has 1 saturated heterocycles. The summed E-state index contributed by atoms with van der Waals surface area (Å²) in [7, 11) is 0. The van der Waals surface area contributed by atoms with Crippen molar-refractivity contribution in [3.05, 3.63) is 0 Å². The first-order chi connectivity index (χ1) is 7.83. The van der Waals surface area contributed by atoms with Crippen LogP contribution in [-0.2, 0) is 4.79 Å². The lowest BCUT2D eigenvalue weighted by molar-refractivity contribution is -0.145. The van der Waals surface area contributed by atoms with Crippen LogP contribution in [0.2, 0.25) is 0 Å². The van der Waals surface area contributed by atoms with Crippen LogP contribution in [0.1, 0.15) is 46.5 Å². The highest BCUT2D eigenvalue weighted by molar-refractivity contribution is 5.78. The second-order valence-electron chi connectivity index (χ2n) is 6.39. The number of carboxylic acid groups (broad SMARTS) is 1. The molecular formula is C13H24N2O2. The average molecular weight is 240 g/mol. The maximum atomic E-state index is 11.5. The van der Waals surface area contributed by atoms with Gasteiger partial charge in [-0.25, -0.2) is 0 Å². The quantitative estimate of drug-likeness (QED) is 0.764. The number of carboxylic acids is 1. The van der Waals surface area contributed by atoms with Crippen molar-refractivity contribution in [1.82, 2.24) is 10.2 Å². The molecule has 0 aromatic rings. The minimum absolute atomic E-state index is 0.141. The summed E-state index contributed by atoms with van der Waals surface area (Å²) in [6.07, 6.45) is 4.57. The fourth-order valence-corrected chi connectivity index (χ4v) is 2.69. The molecule has 0 spiro atoms. The molecule has 0 amide bonds. The van der Waals surface area contributed by atoms with E-state index in [1.807, 2.05) is 6.92 Å². The molecule has 1 atom stereocenters. The van der Waals surface area contributed by atoms with Crippen LogP contribution in [-0.4, -0.2) is 46.2 Å². The molecule has 1 aliphatic carbocycles. The zero-order valence-corrected chi connectivity index (χ0v) is 11.1. The molecule has 1 unspecified atom stereocenters. The molecule has 4 nitrogen and oxygen atoms in total. The molecule has 1 saturated carbocycles. The summed E-state index contributed by atoms with van der Waals surface area (Å²) in [4.78, 5) is 13.8. The number of likely N-dealkylation sites (tertiary alicyclic amines) is 1. The van der Waals surface area contributed by atoms with Crippen molar-refractivity contribution < 1.29 is 9.90 Å². The predicted molar refractivity (Wildman–Crippen MR) is 67.1 cm³/mol. The van der Waals surface area contributed by atoms with E-state index in [9.17, 15) is 9.90 Å². The smallest absolute Gasteiger partial charge is 0.324 e. The Labute approximate surface area is 103 Å². The molecule has 0 aromatic carbocycles. The van der Waals surface area contributed by atoms with Crippen molar-refractivity contribution in [2.75, 3.05) is 13.1 Å². The molecule has 0 aromatic heterocycles. The number of carbonyl (C=O) groups is 1. The molecular weight excluding hydrogens is 216 g/mol. The van der Waals surface area contributed by atoms with Crippen LogP contribution in [0.15, 0.2) is 0 Å².